The highest BCUT2D eigenvalue weighted by Crippen LogP contribution is 2.26. The minimum Gasteiger partial charge on any atom is -0.465 e. The molecule has 1 rings (SSSR count). The SMILES string of the molecule is C=C/C(=C(\C=CC(C)c1ccc(C)cc1C(=O)OC)CCCC)N(CCC)C(=O)NCCCCC. The van der Waals surface area contributed by atoms with Crippen molar-refractivity contribution in [2.24, 2.45) is 0 Å². The van der Waals surface area contributed by atoms with Gasteiger partial charge in [0.05, 0.1) is 12.7 Å². The number of methoxy groups -OCH3 is 1. The topological polar surface area (TPSA) is 58.6 Å². The van der Waals surface area contributed by atoms with Gasteiger partial charge in [0, 0.05) is 24.7 Å². The molecule has 0 saturated heterocycles. The monoisotopic (exact) mass is 482 g/mol. The van der Waals surface area contributed by atoms with Crippen molar-refractivity contribution in [1.29, 1.82) is 0 Å². The molecule has 0 aromatic heterocycles. The Morgan fingerprint density at radius 1 is 1.11 bits per heavy atom. The maximum Gasteiger partial charge on any atom is 0.338 e. The maximum absolute atomic E-state index is 13.1. The highest BCUT2D eigenvalue weighted by molar-refractivity contribution is 5.91. The van der Waals surface area contributed by atoms with Gasteiger partial charge in [-0.2, -0.15) is 0 Å². The van der Waals surface area contributed by atoms with Gasteiger partial charge in [0.25, 0.3) is 0 Å². The molecule has 0 fully saturated rings. The average Bonchev–Trinajstić information content (AvgIpc) is 2.86. The number of esters is 1. The highest BCUT2D eigenvalue weighted by atomic mass is 16.5. The van der Waals surface area contributed by atoms with E-state index < -0.39 is 0 Å². The van der Waals surface area contributed by atoms with Crippen LogP contribution in [0.5, 0.6) is 0 Å². The van der Waals surface area contributed by atoms with Gasteiger partial charge in [0.1, 0.15) is 0 Å². The summed E-state index contributed by atoms with van der Waals surface area (Å²) in [6.07, 6.45) is 13.0. The number of nitrogens with one attached hydrogen (secondary N) is 1. The van der Waals surface area contributed by atoms with Gasteiger partial charge >= 0.3 is 12.0 Å². The summed E-state index contributed by atoms with van der Waals surface area (Å²) in [5, 5.41) is 3.08. The highest BCUT2D eigenvalue weighted by Gasteiger charge is 2.19. The Kier molecular flexibility index (Phi) is 14.5. The standard InChI is InChI=1S/C30H46N2O3/c1-8-12-14-20-31-30(34)32(21-10-3)28(11-4)25(15-13-9-2)18-17-24(6)26-19-16-23(5)22-27(26)29(33)35-7/h11,16-19,22,24H,4,8-10,12-15,20-21H2,1-3,5-7H3,(H,31,34)/b18-17?,28-25+. The van der Waals surface area contributed by atoms with Crippen LogP contribution in [0.4, 0.5) is 4.79 Å². The molecule has 5 heteroatoms. The van der Waals surface area contributed by atoms with Crippen LogP contribution in [0.3, 0.4) is 0 Å². The zero-order valence-corrected chi connectivity index (χ0v) is 22.8. The maximum atomic E-state index is 13.1. The van der Waals surface area contributed by atoms with E-state index in [1.54, 1.807) is 6.08 Å². The average molecular weight is 483 g/mol. The Hall–Kier alpha value is -2.82. The third-order valence-corrected chi connectivity index (χ3v) is 6.05. The molecular formula is C30H46N2O3. The smallest absolute Gasteiger partial charge is 0.338 e. The summed E-state index contributed by atoms with van der Waals surface area (Å²) in [6, 6.07) is 5.81. The number of carbonyl (C=O) groups is 2. The fraction of sp³-hybridized carbons (Fsp3) is 0.533. The zero-order valence-electron chi connectivity index (χ0n) is 22.8. The van der Waals surface area contributed by atoms with Crippen molar-refractivity contribution in [3.8, 4) is 0 Å². The predicted molar refractivity (Wildman–Crippen MR) is 147 cm³/mol. The summed E-state index contributed by atoms with van der Waals surface area (Å²) in [5.41, 5.74) is 4.47. The molecule has 1 N–H and O–H groups in total. The van der Waals surface area contributed by atoms with Crippen LogP contribution in [0.15, 0.2) is 54.3 Å². The normalized spacial score (nSPS) is 12.7. The number of rotatable bonds is 15. The molecule has 2 amide bonds. The second-order valence-electron chi connectivity index (χ2n) is 9.04. The first-order valence-electron chi connectivity index (χ1n) is 13.1. The van der Waals surface area contributed by atoms with Crippen LogP contribution in [0, 0.1) is 6.92 Å². The molecule has 0 aliphatic heterocycles. The van der Waals surface area contributed by atoms with E-state index in [0.29, 0.717) is 18.7 Å². The Bertz CT molecular complexity index is 886. The summed E-state index contributed by atoms with van der Waals surface area (Å²) in [6.45, 7) is 15.8. The lowest BCUT2D eigenvalue weighted by Gasteiger charge is -2.26. The first-order chi connectivity index (χ1) is 16.8. The van der Waals surface area contributed by atoms with E-state index in [9.17, 15) is 9.59 Å². The van der Waals surface area contributed by atoms with E-state index >= 15 is 0 Å². The van der Waals surface area contributed by atoms with Crippen molar-refractivity contribution in [3.05, 3.63) is 71.0 Å². The van der Waals surface area contributed by atoms with E-state index in [4.69, 9.17) is 4.74 Å². The van der Waals surface area contributed by atoms with Gasteiger partial charge in [-0.05, 0) is 55.9 Å². The molecule has 0 aliphatic carbocycles. The number of allylic oxidation sites excluding steroid dienone is 4. The van der Waals surface area contributed by atoms with Crippen molar-refractivity contribution >= 4 is 12.0 Å². The number of hydrogen-bond donors (Lipinski definition) is 1. The van der Waals surface area contributed by atoms with Crippen LogP contribution in [0.1, 0.15) is 100 Å². The zero-order chi connectivity index (χ0) is 26.2. The molecule has 0 saturated carbocycles. The number of urea groups is 1. The largest absolute Gasteiger partial charge is 0.465 e. The second-order valence-corrected chi connectivity index (χ2v) is 9.04. The third-order valence-electron chi connectivity index (χ3n) is 6.05. The van der Waals surface area contributed by atoms with Crippen LogP contribution in [-0.4, -0.2) is 37.1 Å². The summed E-state index contributed by atoms with van der Waals surface area (Å²) < 4.78 is 5.01. The minimum atomic E-state index is -0.327. The molecular weight excluding hydrogens is 436 g/mol. The van der Waals surface area contributed by atoms with Crippen molar-refractivity contribution in [1.82, 2.24) is 10.2 Å². The van der Waals surface area contributed by atoms with Gasteiger partial charge in [0.2, 0.25) is 0 Å². The third kappa shape index (κ3) is 9.75. The van der Waals surface area contributed by atoms with Gasteiger partial charge in [-0.15, -0.1) is 0 Å². The molecule has 35 heavy (non-hydrogen) atoms. The summed E-state index contributed by atoms with van der Waals surface area (Å²) in [7, 11) is 1.41. The number of hydrogen-bond acceptors (Lipinski definition) is 3. The van der Waals surface area contributed by atoms with E-state index in [-0.39, 0.29) is 17.9 Å². The first-order valence-corrected chi connectivity index (χ1v) is 13.1. The first kappa shape index (κ1) is 30.2. The van der Waals surface area contributed by atoms with Gasteiger partial charge in [-0.25, -0.2) is 9.59 Å². The van der Waals surface area contributed by atoms with Gasteiger partial charge in [0.15, 0.2) is 0 Å². The molecule has 0 spiro atoms. The minimum absolute atomic E-state index is 0.00473. The number of nitrogens with zero attached hydrogens (tertiary/aromatic N) is 1. The molecule has 194 valence electrons. The summed E-state index contributed by atoms with van der Waals surface area (Å²) in [4.78, 5) is 27.3. The lowest BCUT2D eigenvalue weighted by molar-refractivity contribution is 0.0599. The van der Waals surface area contributed by atoms with Crippen LogP contribution in [-0.2, 0) is 4.74 Å². The summed E-state index contributed by atoms with van der Waals surface area (Å²) in [5.74, 6) is -0.332. The molecule has 1 aromatic carbocycles. The van der Waals surface area contributed by atoms with Crippen molar-refractivity contribution in [2.45, 2.75) is 85.5 Å². The Balaban J connectivity index is 3.34. The van der Waals surface area contributed by atoms with Gasteiger partial charge in [-0.1, -0.05) is 83.4 Å². The number of unbranched alkanes of at least 4 members (excludes halogenated alkanes) is 3. The van der Waals surface area contributed by atoms with E-state index in [0.717, 1.165) is 67.3 Å². The Morgan fingerprint density at radius 3 is 2.43 bits per heavy atom. The van der Waals surface area contributed by atoms with E-state index in [1.807, 2.05) is 30.0 Å². The van der Waals surface area contributed by atoms with Crippen LogP contribution in [0.2, 0.25) is 0 Å². The Morgan fingerprint density at radius 2 is 1.83 bits per heavy atom. The number of ether oxygens (including phenoxy) is 1. The number of amides is 2. The lowest BCUT2D eigenvalue weighted by Crippen LogP contribution is -2.40. The number of benzene rings is 1. The quantitative estimate of drug-likeness (QED) is 0.158. The second kappa shape index (κ2) is 16.7. The van der Waals surface area contributed by atoms with E-state index in [1.165, 1.54) is 7.11 Å². The molecule has 1 aromatic rings. The molecule has 0 heterocycles. The van der Waals surface area contributed by atoms with Gasteiger partial charge < -0.3 is 10.1 Å². The molecule has 0 bridgehead atoms. The summed E-state index contributed by atoms with van der Waals surface area (Å²) >= 11 is 0. The fourth-order valence-corrected chi connectivity index (χ4v) is 4.02. The molecule has 1 unspecified atom stereocenters. The van der Waals surface area contributed by atoms with Crippen molar-refractivity contribution in [3.63, 3.8) is 0 Å². The lowest BCUT2D eigenvalue weighted by atomic mass is 9.92. The van der Waals surface area contributed by atoms with Gasteiger partial charge in [-0.3, -0.25) is 4.90 Å². The number of carbonyl (C=O) groups excluding carboxylic acids is 2. The van der Waals surface area contributed by atoms with E-state index in [2.05, 4.69) is 51.7 Å². The fourth-order valence-electron chi connectivity index (χ4n) is 4.02. The molecule has 0 radical (unpaired) electrons. The molecule has 0 aliphatic rings. The van der Waals surface area contributed by atoms with Crippen LogP contribution < -0.4 is 5.32 Å². The number of aryl methyl sites for hydroxylation is 1. The Labute approximate surface area is 213 Å². The molecule has 5 nitrogen and oxygen atoms in total. The molecule has 1 atom stereocenters. The van der Waals surface area contributed by atoms with Crippen LogP contribution >= 0.6 is 0 Å². The van der Waals surface area contributed by atoms with Crippen molar-refractivity contribution in [2.75, 3.05) is 20.2 Å². The predicted octanol–water partition coefficient (Wildman–Crippen LogP) is 7.68. The van der Waals surface area contributed by atoms with Crippen molar-refractivity contribution < 1.29 is 14.3 Å². The van der Waals surface area contributed by atoms with Crippen LogP contribution in [0.25, 0.3) is 0 Å².